The molecule has 1 heterocycles. The summed E-state index contributed by atoms with van der Waals surface area (Å²) in [5.74, 6) is 1.38. The first-order valence-electron chi connectivity index (χ1n) is 8.91. The van der Waals surface area contributed by atoms with Crippen molar-refractivity contribution in [2.45, 2.75) is 12.5 Å². The average molecular weight is 492 g/mol. The maximum absolute atomic E-state index is 9.66. The molecule has 1 atom stereocenters. The Bertz CT molecular complexity index is 853. The Balaban J connectivity index is 0.00000280. The molecule has 148 valence electrons. The first-order chi connectivity index (χ1) is 13.3. The Morgan fingerprint density at radius 1 is 1.07 bits per heavy atom. The summed E-state index contributed by atoms with van der Waals surface area (Å²) in [6.07, 6.45) is 0. The second-order valence-electron chi connectivity index (χ2n) is 6.15. The van der Waals surface area contributed by atoms with Crippen LogP contribution in [0.2, 0.25) is 0 Å². The topological polar surface area (TPSA) is 82.7 Å². The van der Waals surface area contributed by atoms with E-state index in [1.54, 1.807) is 7.05 Å². The van der Waals surface area contributed by atoms with Crippen molar-refractivity contribution in [2.24, 2.45) is 4.99 Å². The summed E-state index contributed by atoms with van der Waals surface area (Å²) in [6, 6.07) is 21.7. The van der Waals surface area contributed by atoms with E-state index < -0.39 is 0 Å². The molecule has 0 bridgehead atoms. The highest BCUT2D eigenvalue weighted by molar-refractivity contribution is 14.0. The fourth-order valence-electron chi connectivity index (χ4n) is 2.76. The first-order valence-corrected chi connectivity index (χ1v) is 8.91. The first kappa shape index (κ1) is 21.9. The molecule has 3 rings (SSSR count). The molecule has 1 unspecified atom stereocenters. The van der Waals surface area contributed by atoms with Crippen molar-refractivity contribution < 1.29 is 9.63 Å². The zero-order valence-electron chi connectivity index (χ0n) is 15.7. The molecule has 0 aliphatic carbocycles. The summed E-state index contributed by atoms with van der Waals surface area (Å²) >= 11 is 0. The van der Waals surface area contributed by atoms with Crippen molar-refractivity contribution in [3.05, 3.63) is 78.0 Å². The number of benzene rings is 2. The molecule has 0 aliphatic heterocycles. The summed E-state index contributed by atoms with van der Waals surface area (Å²) in [4.78, 5) is 4.22. The summed E-state index contributed by atoms with van der Waals surface area (Å²) in [5, 5.41) is 20.2. The van der Waals surface area contributed by atoms with Crippen molar-refractivity contribution in [3.8, 4) is 11.3 Å². The number of hydrogen-bond donors (Lipinski definition) is 3. The van der Waals surface area contributed by atoms with E-state index in [9.17, 15) is 5.11 Å². The van der Waals surface area contributed by atoms with E-state index in [-0.39, 0.29) is 36.5 Å². The molecular formula is C21H25IN4O2. The molecule has 2 aromatic carbocycles. The highest BCUT2D eigenvalue weighted by Gasteiger charge is 2.11. The zero-order valence-corrected chi connectivity index (χ0v) is 18.0. The fraction of sp³-hybridized carbons (Fsp3) is 0.238. The SMILES string of the molecule is CN=C(NCc1cc(-c2ccccc2)on1)NCC(CO)c1ccccc1.I. The van der Waals surface area contributed by atoms with Gasteiger partial charge in [0.05, 0.1) is 13.2 Å². The number of guanidine groups is 1. The predicted molar refractivity (Wildman–Crippen MR) is 122 cm³/mol. The van der Waals surface area contributed by atoms with Gasteiger partial charge in [-0.2, -0.15) is 0 Å². The molecular weight excluding hydrogens is 467 g/mol. The Kier molecular flexibility index (Phi) is 8.96. The van der Waals surface area contributed by atoms with Crippen LogP contribution in [0.1, 0.15) is 17.2 Å². The number of aromatic nitrogens is 1. The van der Waals surface area contributed by atoms with E-state index in [4.69, 9.17) is 4.52 Å². The van der Waals surface area contributed by atoms with Crippen LogP contribution < -0.4 is 10.6 Å². The van der Waals surface area contributed by atoms with Crippen LogP contribution in [0.3, 0.4) is 0 Å². The summed E-state index contributed by atoms with van der Waals surface area (Å²) in [5.41, 5.74) is 2.87. The Morgan fingerprint density at radius 2 is 1.75 bits per heavy atom. The molecule has 6 nitrogen and oxygen atoms in total. The second-order valence-corrected chi connectivity index (χ2v) is 6.15. The molecule has 0 aliphatic rings. The summed E-state index contributed by atoms with van der Waals surface area (Å²) in [6.45, 7) is 1.14. The van der Waals surface area contributed by atoms with Crippen molar-refractivity contribution in [2.75, 3.05) is 20.2 Å². The number of hydrogen-bond acceptors (Lipinski definition) is 4. The predicted octanol–water partition coefficient (Wildman–Crippen LogP) is 3.40. The standard InChI is InChI=1S/C21H24N4O2.HI/c1-22-21(23-13-18(15-26)16-8-4-2-5-9-16)24-14-19-12-20(27-25-19)17-10-6-3-7-11-17;/h2-12,18,26H,13-15H2,1H3,(H2,22,23,24);1H. The number of rotatable bonds is 7. The maximum atomic E-state index is 9.66. The van der Waals surface area contributed by atoms with Crippen LogP contribution in [0, 0.1) is 0 Å². The third-order valence-electron chi connectivity index (χ3n) is 4.29. The van der Waals surface area contributed by atoms with Gasteiger partial charge in [0.1, 0.15) is 5.69 Å². The van der Waals surface area contributed by atoms with Crippen molar-refractivity contribution in [1.29, 1.82) is 0 Å². The highest BCUT2D eigenvalue weighted by Crippen LogP contribution is 2.19. The quantitative estimate of drug-likeness (QED) is 0.268. The van der Waals surface area contributed by atoms with Crippen LogP contribution in [0.5, 0.6) is 0 Å². The monoisotopic (exact) mass is 492 g/mol. The van der Waals surface area contributed by atoms with Crippen LogP contribution in [0.15, 0.2) is 76.2 Å². The van der Waals surface area contributed by atoms with Gasteiger partial charge in [-0.15, -0.1) is 24.0 Å². The minimum atomic E-state index is 0. The normalized spacial score (nSPS) is 12.1. The number of aliphatic hydroxyl groups excluding tert-OH is 1. The Morgan fingerprint density at radius 3 is 2.39 bits per heavy atom. The van der Waals surface area contributed by atoms with Gasteiger partial charge in [0.2, 0.25) is 0 Å². The Labute approximate surface area is 182 Å². The lowest BCUT2D eigenvalue weighted by Crippen LogP contribution is -2.39. The average Bonchev–Trinajstić information content (AvgIpc) is 3.21. The summed E-state index contributed by atoms with van der Waals surface area (Å²) in [7, 11) is 1.71. The van der Waals surface area contributed by atoms with E-state index in [2.05, 4.69) is 20.8 Å². The van der Waals surface area contributed by atoms with Crippen LogP contribution in [0.25, 0.3) is 11.3 Å². The lowest BCUT2D eigenvalue weighted by Gasteiger charge is -2.17. The van der Waals surface area contributed by atoms with Gasteiger partial charge in [-0.25, -0.2) is 0 Å². The lowest BCUT2D eigenvalue weighted by molar-refractivity contribution is 0.265. The number of aliphatic hydroxyl groups is 1. The molecule has 0 saturated heterocycles. The maximum Gasteiger partial charge on any atom is 0.191 e. The number of nitrogens with one attached hydrogen (secondary N) is 2. The molecule has 1 aromatic heterocycles. The number of halogens is 1. The van der Waals surface area contributed by atoms with Gasteiger partial charge < -0.3 is 20.3 Å². The minimum Gasteiger partial charge on any atom is -0.396 e. The summed E-state index contributed by atoms with van der Waals surface area (Å²) < 4.78 is 5.41. The van der Waals surface area contributed by atoms with Crippen molar-refractivity contribution in [1.82, 2.24) is 15.8 Å². The van der Waals surface area contributed by atoms with Gasteiger partial charge in [0, 0.05) is 31.1 Å². The van der Waals surface area contributed by atoms with E-state index >= 15 is 0 Å². The largest absolute Gasteiger partial charge is 0.396 e. The van der Waals surface area contributed by atoms with Gasteiger partial charge in [0.25, 0.3) is 0 Å². The van der Waals surface area contributed by atoms with E-state index in [1.165, 1.54) is 0 Å². The molecule has 0 saturated carbocycles. The molecule has 3 N–H and O–H groups in total. The zero-order chi connectivity index (χ0) is 18.9. The third kappa shape index (κ3) is 6.07. The molecule has 0 spiro atoms. The number of nitrogens with zero attached hydrogens (tertiary/aromatic N) is 2. The molecule has 3 aromatic rings. The van der Waals surface area contributed by atoms with Crippen molar-refractivity contribution in [3.63, 3.8) is 0 Å². The van der Waals surface area contributed by atoms with Gasteiger partial charge in [-0.1, -0.05) is 65.8 Å². The van der Waals surface area contributed by atoms with E-state index in [0.29, 0.717) is 19.0 Å². The molecule has 7 heteroatoms. The number of aliphatic imine (C=N–C) groups is 1. The molecule has 0 fully saturated rings. The van der Waals surface area contributed by atoms with E-state index in [0.717, 1.165) is 22.6 Å². The molecule has 0 amide bonds. The molecule has 28 heavy (non-hydrogen) atoms. The van der Waals surface area contributed by atoms with Crippen molar-refractivity contribution >= 4 is 29.9 Å². The second kappa shape index (κ2) is 11.5. The Hall–Kier alpha value is -2.39. The lowest BCUT2D eigenvalue weighted by atomic mass is 10.0. The van der Waals surface area contributed by atoms with Crippen LogP contribution >= 0.6 is 24.0 Å². The van der Waals surface area contributed by atoms with Gasteiger partial charge in [0.15, 0.2) is 11.7 Å². The minimum absolute atomic E-state index is 0. The van der Waals surface area contributed by atoms with Gasteiger partial charge in [-0.05, 0) is 5.56 Å². The molecule has 0 radical (unpaired) electrons. The van der Waals surface area contributed by atoms with Crippen LogP contribution in [-0.2, 0) is 6.54 Å². The smallest absolute Gasteiger partial charge is 0.191 e. The van der Waals surface area contributed by atoms with Crippen LogP contribution in [0.4, 0.5) is 0 Å². The van der Waals surface area contributed by atoms with Gasteiger partial charge in [-0.3, -0.25) is 4.99 Å². The van der Waals surface area contributed by atoms with Gasteiger partial charge >= 0.3 is 0 Å². The fourth-order valence-corrected chi connectivity index (χ4v) is 2.76. The van der Waals surface area contributed by atoms with Crippen LogP contribution in [-0.4, -0.2) is 36.4 Å². The highest BCUT2D eigenvalue weighted by atomic mass is 127. The van der Waals surface area contributed by atoms with E-state index in [1.807, 2.05) is 66.7 Å². The third-order valence-corrected chi connectivity index (χ3v) is 4.29.